The van der Waals surface area contributed by atoms with Crippen LogP contribution in [0.1, 0.15) is 19.4 Å². The largest absolute Gasteiger partial charge is 0.378 e. The van der Waals surface area contributed by atoms with Gasteiger partial charge in [-0.25, -0.2) is 0 Å². The topological polar surface area (TPSA) is 81.2 Å². The van der Waals surface area contributed by atoms with Crippen molar-refractivity contribution in [3.05, 3.63) is 33.9 Å². The maximum absolute atomic E-state index is 10.9. The third kappa shape index (κ3) is 3.42. The van der Waals surface area contributed by atoms with Gasteiger partial charge in [0.2, 0.25) is 0 Å². The average Bonchev–Trinajstić information content (AvgIpc) is 2.26. The molecule has 1 aromatic carbocycles. The number of nitro benzene ring substituents is 1. The van der Waals surface area contributed by atoms with Gasteiger partial charge in [0.25, 0.3) is 5.69 Å². The first-order valence-corrected chi connectivity index (χ1v) is 5.67. The quantitative estimate of drug-likeness (QED) is 0.608. The highest BCUT2D eigenvalue weighted by atomic mass is 16.6. The second-order valence-electron chi connectivity index (χ2n) is 4.51. The Kier molecular flexibility index (Phi) is 4.45. The van der Waals surface area contributed by atoms with Crippen LogP contribution in [0, 0.1) is 23.0 Å². The highest BCUT2D eigenvalue weighted by Gasteiger charge is 2.16. The molecule has 5 heteroatoms. The number of anilines is 1. The first kappa shape index (κ1) is 13.4. The van der Waals surface area contributed by atoms with Crippen molar-refractivity contribution < 1.29 is 4.92 Å². The fourth-order valence-electron chi connectivity index (χ4n) is 1.49. The van der Waals surface area contributed by atoms with Crippen LogP contribution >= 0.6 is 0 Å². The number of benzene rings is 1. The highest BCUT2D eigenvalue weighted by molar-refractivity contribution is 5.66. The van der Waals surface area contributed by atoms with Crippen molar-refractivity contribution in [2.75, 3.05) is 11.9 Å². The molecule has 3 N–H and O–H groups in total. The summed E-state index contributed by atoms with van der Waals surface area (Å²) in [6.07, 6.45) is 0. The predicted octanol–water partition coefficient (Wildman–Crippen LogP) is 2.30. The summed E-state index contributed by atoms with van der Waals surface area (Å²) >= 11 is 0. The number of hydrogen-bond acceptors (Lipinski definition) is 4. The van der Waals surface area contributed by atoms with Crippen molar-refractivity contribution in [1.29, 1.82) is 0 Å². The zero-order valence-corrected chi connectivity index (χ0v) is 10.4. The van der Waals surface area contributed by atoms with Crippen LogP contribution in [0.5, 0.6) is 0 Å². The molecule has 0 heterocycles. The first-order chi connectivity index (χ1) is 7.93. The molecular weight excluding hydrogens is 218 g/mol. The van der Waals surface area contributed by atoms with E-state index >= 15 is 0 Å². The van der Waals surface area contributed by atoms with Crippen LogP contribution < -0.4 is 11.1 Å². The Morgan fingerprint density at radius 3 is 2.65 bits per heavy atom. The van der Waals surface area contributed by atoms with E-state index in [1.165, 1.54) is 6.07 Å². The van der Waals surface area contributed by atoms with Gasteiger partial charge in [-0.1, -0.05) is 26.0 Å². The van der Waals surface area contributed by atoms with Gasteiger partial charge in [-0.15, -0.1) is 0 Å². The van der Waals surface area contributed by atoms with Crippen molar-refractivity contribution >= 4 is 11.4 Å². The van der Waals surface area contributed by atoms with Crippen LogP contribution in [0.2, 0.25) is 0 Å². The van der Waals surface area contributed by atoms with Crippen LogP contribution in [-0.4, -0.2) is 17.5 Å². The molecule has 0 saturated heterocycles. The maximum atomic E-state index is 10.9. The van der Waals surface area contributed by atoms with E-state index in [2.05, 4.69) is 5.32 Å². The molecule has 0 aliphatic rings. The van der Waals surface area contributed by atoms with Crippen molar-refractivity contribution in [2.24, 2.45) is 11.7 Å². The van der Waals surface area contributed by atoms with Gasteiger partial charge in [0.15, 0.2) is 0 Å². The van der Waals surface area contributed by atoms with E-state index in [-0.39, 0.29) is 16.7 Å². The standard InChI is InChI=1S/C12H19N3O2/c1-8(2)10(13)7-14-12-9(3)5-4-6-11(12)15(16)17/h4-6,8,10,14H,7,13H2,1-3H3. The summed E-state index contributed by atoms with van der Waals surface area (Å²) in [5.41, 5.74) is 7.43. The molecule has 0 radical (unpaired) electrons. The lowest BCUT2D eigenvalue weighted by atomic mass is 10.1. The third-order valence-corrected chi connectivity index (χ3v) is 2.82. The van der Waals surface area contributed by atoms with Gasteiger partial charge < -0.3 is 11.1 Å². The van der Waals surface area contributed by atoms with E-state index < -0.39 is 0 Å². The van der Waals surface area contributed by atoms with Crippen LogP contribution in [0.25, 0.3) is 0 Å². The van der Waals surface area contributed by atoms with Gasteiger partial charge in [0, 0.05) is 18.7 Å². The van der Waals surface area contributed by atoms with Crippen molar-refractivity contribution in [3.63, 3.8) is 0 Å². The summed E-state index contributed by atoms with van der Waals surface area (Å²) in [5.74, 6) is 0.338. The van der Waals surface area contributed by atoms with E-state index in [1.807, 2.05) is 26.8 Å². The van der Waals surface area contributed by atoms with E-state index in [0.29, 0.717) is 18.2 Å². The predicted molar refractivity (Wildman–Crippen MR) is 69.1 cm³/mol. The van der Waals surface area contributed by atoms with Crippen LogP contribution in [0.15, 0.2) is 18.2 Å². The molecule has 1 unspecified atom stereocenters. The van der Waals surface area contributed by atoms with Crippen molar-refractivity contribution in [1.82, 2.24) is 0 Å². The van der Waals surface area contributed by atoms with E-state index in [1.54, 1.807) is 6.07 Å². The summed E-state index contributed by atoms with van der Waals surface area (Å²) < 4.78 is 0. The van der Waals surface area contributed by atoms with Gasteiger partial charge in [0.1, 0.15) is 5.69 Å². The smallest absolute Gasteiger partial charge is 0.292 e. The summed E-state index contributed by atoms with van der Waals surface area (Å²) in [7, 11) is 0. The van der Waals surface area contributed by atoms with Crippen LogP contribution in [0.3, 0.4) is 0 Å². The molecule has 17 heavy (non-hydrogen) atoms. The minimum Gasteiger partial charge on any atom is -0.378 e. The number of rotatable bonds is 5. The fraction of sp³-hybridized carbons (Fsp3) is 0.500. The SMILES string of the molecule is Cc1cccc([N+](=O)[O-])c1NCC(N)C(C)C. The molecule has 0 saturated carbocycles. The van der Waals surface area contributed by atoms with E-state index in [0.717, 1.165) is 5.56 Å². The second kappa shape index (κ2) is 5.63. The number of aryl methyl sites for hydroxylation is 1. The lowest BCUT2D eigenvalue weighted by molar-refractivity contribution is -0.384. The molecule has 5 nitrogen and oxygen atoms in total. The van der Waals surface area contributed by atoms with Gasteiger partial charge >= 0.3 is 0 Å². The zero-order chi connectivity index (χ0) is 13.0. The molecule has 0 fully saturated rings. The Bertz CT molecular complexity index is 405. The first-order valence-electron chi connectivity index (χ1n) is 5.67. The number of nitro groups is 1. The molecule has 1 rings (SSSR count). The molecule has 94 valence electrons. The van der Waals surface area contributed by atoms with Gasteiger partial charge in [-0.05, 0) is 18.4 Å². The molecule has 0 aliphatic carbocycles. The molecule has 0 aromatic heterocycles. The normalized spacial score (nSPS) is 12.5. The van der Waals surface area contributed by atoms with Gasteiger partial charge in [-0.2, -0.15) is 0 Å². The Morgan fingerprint density at radius 1 is 1.47 bits per heavy atom. The number of nitrogens with two attached hydrogens (primary N) is 1. The van der Waals surface area contributed by atoms with Crippen LogP contribution in [0.4, 0.5) is 11.4 Å². The number of nitrogens with zero attached hydrogens (tertiary/aromatic N) is 1. The lowest BCUT2D eigenvalue weighted by Crippen LogP contribution is -2.34. The molecule has 0 aliphatic heterocycles. The molecule has 1 atom stereocenters. The molecule has 0 amide bonds. The number of hydrogen-bond donors (Lipinski definition) is 2. The Labute approximate surface area is 101 Å². The highest BCUT2D eigenvalue weighted by Crippen LogP contribution is 2.27. The summed E-state index contributed by atoms with van der Waals surface area (Å²) in [6, 6.07) is 5.00. The Balaban J connectivity index is 2.86. The summed E-state index contributed by atoms with van der Waals surface area (Å²) in [6.45, 7) is 6.43. The maximum Gasteiger partial charge on any atom is 0.292 e. The monoisotopic (exact) mass is 237 g/mol. The van der Waals surface area contributed by atoms with Crippen molar-refractivity contribution in [2.45, 2.75) is 26.8 Å². The zero-order valence-electron chi connectivity index (χ0n) is 10.4. The Morgan fingerprint density at radius 2 is 2.12 bits per heavy atom. The third-order valence-electron chi connectivity index (χ3n) is 2.82. The minimum absolute atomic E-state index is 0.0192. The Hall–Kier alpha value is -1.62. The lowest BCUT2D eigenvalue weighted by Gasteiger charge is -2.17. The van der Waals surface area contributed by atoms with E-state index in [4.69, 9.17) is 5.73 Å². The fourth-order valence-corrected chi connectivity index (χ4v) is 1.49. The average molecular weight is 237 g/mol. The molecule has 1 aromatic rings. The number of para-hydroxylation sites is 1. The second-order valence-corrected chi connectivity index (χ2v) is 4.51. The van der Waals surface area contributed by atoms with Crippen molar-refractivity contribution in [3.8, 4) is 0 Å². The number of nitrogens with one attached hydrogen (secondary N) is 1. The van der Waals surface area contributed by atoms with Crippen LogP contribution in [-0.2, 0) is 0 Å². The van der Waals surface area contributed by atoms with Gasteiger partial charge in [0.05, 0.1) is 4.92 Å². The minimum atomic E-state index is -0.379. The summed E-state index contributed by atoms with van der Waals surface area (Å²) in [4.78, 5) is 10.5. The van der Waals surface area contributed by atoms with E-state index in [9.17, 15) is 10.1 Å². The molecule has 0 spiro atoms. The molecule has 0 bridgehead atoms. The molecular formula is C12H19N3O2. The van der Waals surface area contributed by atoms with Gasteiger partial charge in [-0.3, -0.25) is 10.1 Å². The summed E-state index contributed by atoms with van der Waals surface area (Å²) in [5, 5.41) is 14.0.